The van der Waals surface area contributed by atoms with Gasteiger partial charge < -0.3 is 10.2 Å². The monoisotopic (exact) mass is 380 g/mol. The molecule has 0 aliphatic rings. The van der Waals surface area contributed by atoms with Gasteiger partial charge in [-0.15, -0.1) is 0 Å². The second kappa shape index (κ2) is 7.91. The van der Waals surface area contributed by atoms with E-state index in [1.165, 1.54) is 18.0 Å². The van der Waals surface area contributed by atoms with Crippen LogP contribution in [0.25, 0.3) is 10.8 Å². The molecule has 0 spiro atoms. The maximum atomic E-state index is 12.5. The third-order valence-electron chi connectivity index (χ3n) is 4.32. The van der Waals surface area contributed by atoms with Gasteiger partial charge in [-0.3, -0.25) is 24.3 Å². The minimum atomic E-state index is -0.480. The fraction of sp³-hybridized carbons (Fsp3) is 0.200. The van der Waals surface area contributed by atoms with Crippen LogP contribution in [0.4, 0.5) is 5.69 Å². The molecule has 0 aliphatic carbocycles. The number of nitrogens with zero attached hydrogens (tertiary/aromatic N) is 2. The van der Waals surface area contributed by atoms with Crippen LogP contribution in [0, 0.1) is 6.92 Å². The molecule has 2 aromatic carbocycles. The lowest BCUT2D eigenvalue weighted by atomic mass is 10.2. The maximum Gasteiger partial charge on any atom is 0.273 e. The normalized spacial score (nSPS) is 10.6. The second-order valence-electron chi connectivity index (χ2n) is 6.54. The molecular formula is C20H20N4O4. The van der Waals surface area contributed by atoms with Gasteiger partial charge in [0.25, 0.3) is 11.1 Å². The SMILES string of the molecule is Cc1ccc(NC(=O)CN(C)C(=O)Cn2[nH]c(=O)c3ccccc3c2=O)cc1. The lowest BCUT2D eigenvalue weighted by Gasteiger charge is -2.17. The molecule has 0 atom stereocenters. The van der Waals surface area contributed by atoms with Crippen LogP contribution in [0.3, 0.4) is 0 Å². The van der Waals surface area contributed by atoms with Gasteiger partial charge in [-0.2, -0.15) is 0 Å². The number of carbonyl (C=O) groups excluding carboxylic acids is 2. The molecule has 0 bridgehead atoms. The van der Waals surface area contributed by atoms with Crippen molar-refractivity contribution in [1.29, 1.82) is 0 Å². The number of aromatic amines is 1. The van der Waals surface area contributed by atoms with Crippen LogP contribution in [0.2, 0.25) is 0 Å². The minimum Gasteiger partial charge on any atom is -0.335 e. The molecule has 0 radical (unpaired) electrons. The number of fused-ring (bicyclic) bond motifs is 1. The molecule has 0 saturated heterocycles. The van der Waals surface area contributed by atoms with Crippen molar-refractivity contribution in [2.24, 2.45) is 0 Å². The molecular weight excluding hydrogens is 360 g/mol. The van der Waals surface area contributed by atoms with E-state index in [4.69, 9.17) is 0 Å². The van der Waals surface area contributed by atoms with Crippen LogP contribution in [0.15, 0.2) is 58.1 Å². The number of likely N-dealkylation sites (N-methyl/N-ethyl adjacent to an activating group) is 1. The Morgan fingerprint density at radius 3 is 2.36 bits per heavy atom. The Morgan fingerprint density at radius 2 is 1.68 bits per heavy atom. The average molecular weight is 380 g/mol. The summed E-state index contributed by atoms with van der Waals surface area (Å²) in [5.74, 6) is -0.842. The first-order valence-electron chi connectivity index (χ1n) is 8.67. The molecule has 3 aromatic rings. The van der Waals surface area contributed by atoms with Crippen LogP contribution in [-0.2, 0) is 16.1 Å². The summed E-state index contributed by atoms with van der Waals surface area (Å²) in [5, 5.41) is 5.61. The van der Waals surface area contributed by atoms with Gasteiger partial charge in [0.15, 0.2) is 0 Å². The summed E-state index contributed by atoms with van der Waals surface area (Å²) in [6.45, 7) is 1.39. The summed E-state index contributed by atoms with van der Waals surface area (Å²) in [4.78, 5) is 50.3. The van der Waals surface area contributed by atoms with Crippen LogP contribution >= 0.6 is 0 Å². The van der Waals surface area contributed by atoms with Gasteiger partial charge in [0.05, 0.1) is 17.3 Å². The number of H-pyrrole nitrogens is 1. The molecule has 28 heavy (non-hydrogen) atoms. The Kier molecular flexibility index (Phi) is 5.39. The molecule has 2 amide bonds. The Balaban J connectivity index is 1.69. The van der Waals surface area contributed by atoms with Crippen molar-refractivity contribution in [3.05, 3.63) is 74.8 Å². The zero-order valence-electron chi connectivity index (χ0n) is 15.6. The molecule has 8 nitrogen and oxygen atoms in total. The van der Waals surface area contributed by atoms with Gasteiger partial charge in [0.1, 0.15) is 6.54 Å². The van der Waals surface area contributed by atoms with Crippen molar-refractivity contribution in [2.45, 2.75) is 13.5 Å². The van der Waals surface area contributed by atoms with Crippen molar-refractivity contribution >= 4 is 28.3 Å². The second-order valence-corrected chi connectivity index (χ2v) is 6.54. The Morgan fingerprint density at radius 1 is 1.04 bits per heavy atom. The lowest BCUT2D eigenvalue weighted by molar-refractivity contribution is -0.134. The van der Waals surface area contributed by atoms with E-state index in [1.54, 1.807) is 30.3 Å². The lowest BCUT2D eigenvalue weighted by Crippen LogP contribution is -2.40. The quantitative estimate of drug-likeness (QED) is 0.691. The predicted octanol–water partition coefficient (Wildman–Crippen LogP) is 1.10. The summed E-state index contributed by atoms with van der Waals surface area (Å²) in [7, 11) is 1.46. The van der Waals surface area contributed by atoms with Crippen molar-refractivity contribution in [1.82, 2.24) is 14.7 Å². The zero-order chi connectivity index (χ0) is 20.3. The number of anilines is 1. The molecule has 0 fully saturated rings. The molecule has 2 N–H and O–H groups in total. The number of amides is 2. The van der Waals surface area contributed by atoms with Gasteiger partial charge in [-0.05, 0) is 31.2 Å². The molecule has 0 saturated carbocycles. The van der Waals surface area contributed by atoms with Crippen molar-refractivity contribution < 1.29 is 9.59 Å². The van der Waals surface area contributed by atoms with Gasteiger partial charge in [-0.1, -0.05) is 29.8 Å². The number of benzene rings is 2. The van der Waals surface area contributed by atoms with Crippen LogP contribution in [0.5, 0.6) is 0 Å². The summed E-state index contributed by atoms with van der Waals surface area (Å²) in [6, 6.07) is 13.7. The molecule has 144 valence electrons. The number of hydrogen-bond donors (Lipinski definition) is 2. The summed E-state index contributed by atoms with van der Waals surface area (Å²) < 4.78 is 0.960. The number of carbonyl (C=O) groups is 2. The van der Waals surface area contributed by atoms with E-state index in [9.17, 15) is 19.2 Å². The van der Waals surface area contributed by atoms with E-state index in [2.05, 4.69) is 10.4 Å². The Labute approximate surface area is 160 Å². The first-order chi connectivity index (χ1) is 13.3. The topological polar surface area (TPSA) is 104 Å². The maximum absolute atomic E-state index is 12.5. The van der Waals surface area contributed by atoms with Gasteiger partial charge in [0.2, 0.25) is 11.8 Å². The number of aromatic nitrogens is 2. The molecule has 0 aliphatic heterocycles. The van der Waals surface area contributed by atoms with Gasteiger partial charge >= 0.3 is 0 Å². The number of hydrogen-bond acceptors (Lipinski definition) is 4. The predicted molar refractivity (Wildman–Crippen MR) is 106 cm³/mol. The Hall–Kier alpha value is -3.68. The van der Waals surface area contributed by atoms with Crippen LogP contribution < -0.4 is 16.4 Å². The number of aryl methyl sites for hydroxylation is 1. The fourth-order valence-corrected chi connectivity index (χ4v) is 2.75. The molecule has 1 heterocycles. The van der Waals surface area contributed by atoms with Crippen molar-refractivity contribution in [2.75, 3.05) is 18.9 Å². The van der Waals surface area contributed by atoms with E-state index >= 15 is 0 Å². The summed E-state index contributed by atoms with van der Waals surface area (Å²) in [5.41, 5.74) is 0.774. The van der Waals surface area contributed by atoms with E-state index in [0.717, 1.165) is 10.2 Å². The highest BCUT2D eigenvalue weighted by Gasteiger charge is 2.16. The van der Waals surface area contributed by atoms with E-state index in [-0.39, 0.29) is 29.8 Å². The number of nitrogens with one attached hydrogen (secondary N) is 2. The Bertz CT molecular complexity index is 1150. The van der Waals surface area contributed by atoms with Crippen molar-refractivity contribution in [3.63, 3.8) is 0 Å². The van der Waals surface area contributed by atoms with Gasteiger partial charge in [0, 0.05) is 12.7 Å². The first kappa shape index (κ1) is 19.1. The average Bonchev–Trinajstić information content (AvgIpc) is 2.67. The number of rotatable bonds is 5. The van der Waals surface area contributed by atoms with E-state index < -0.39 is 17.0 Å². The standard InChI is InChI=1S/C20H20N4O4/c1-13-7-9-14(10-8-13)21-17(25)11-23(2)18(26)12-24-20(28)16-6-4-3-5-15(16)19(27)22-24/h3-10H,11-12H2,1-2H3,(H,21,25)(H,22,27). The van der Waals surface area contributed by atoms with Crippen LogP contribution in [-0.4, -0.2) is 40.1 Å². The molecule has 1 aromatic heterocycles. The molecule has 3 rings (SSSR count). The zero-order valence-corrected chi connectivity index (χ0v) is 15.6. The minimum absolute atomic E-state index is 0.181. The first-order valence-corrected chi connectivity index (χ1v) is 8.67. The largest absolute Gasteiger partial charge is 0.335 e. The molecule has 8 heteroatoms. The summed E-state index contributed by atoms with van der Waals surface area (Å²) >= 11 is 0. The highest BCUT2D eigenvalue weighted by Crippen LogP contribution is 2.08. The highest BCUT2D eigenvalue weighted by molar-refractivity contribution is 5.94. The third-order valence-corrected chi connectivity index (χ3v) is 4.32. The fourth-order valence-electron chi connectivity index (χ4n) is 2.75. The summed E-state index contributed by atoms with van der Waals surface area (Å²) in [6.07, 6.45) is 0. The van der Waals surface area contributed by atoms with Crippen LogP contribution in [0.1, 0.15) is 5.56 Å². The third kappa shape index (κ3) is 4.17. The smallest absolute Gasteiger partial charge is 0.273 e. The highest BCUT2D eigenvalue weighted by atomic mass is 16.2. The van der Waals surface area contributed by atoms with Crippen molar-refractivity contribution in [3.8, 4) is 0 Å². The van der Waals surface area contributed by atoms with E-state index in [1.807, 2.05) is 19.1 Å². The van der Waals surface area contributed by atoms with E-state index in [0.29, 0.717) is 5.69 Å². The van der Waals surface area contributed by atoms with Gasteiger partial charge in [-0.25, -0.2) is 4.68 Å². The molecule has 0 unspecified atom stereocenters.